The Morgan fingerprint density at radius 2 is 2.29 bits per heavy atom. The molecule has 0 bridgehead atoms. The number of carbonyl (C=O) groups is 2. The normalized spacial score (nSPS) is 22.0. The maximum absolute atomic E-state index is 12.2. The first-order valence-electron chi connectivity index (χ1n) is 6.60. The Bertz CT molecular complexity index is 570. The zero-order chi connectivity index (χ0) is 15.6. The molecule has 0 saturated carbocycles. The van der Waals surface area contributed by atoms with Crippen molar-refractivity contribution in [2.75, 3.05) is 6.54 Å². The molecule has 2 heterocycles. The maximum atomic E-state index is 12.2. The van der Waals surface area contributed by atoms with E-state index in [0.717, 1.165) is 17.5 Å². The number of piperidine rings is 1. The van der Waals surface area contributed by atoms with E-state index >= 15 is 0 Å². The Morgan fingerprint density at radius 1 is 1.57 bits per heavy atom. The van der Waals surface area contributed by atoms with Crippen LogP contribution in [0.25, 0.3) is 0 Å². The zero-order valence-electron chi connectivity index (χ0n) is 11.5. The van der Waals surface area contributed by atoms with Gasteiger partial charge in [-0.1, -0.05) is 6.92 Å². The van der Waals surface area contributed by atoms with Crippen LogP contribution in [0.5, 0.6) is 0 Å². The molecule has 0 aliphatic carbocycles. The smallest absolute Gasteiger partial charge is 0.389 e. The molecule has 1 aliphatic rings. The monoisotopic (exact) mass is 296 g/mol. The van der Waals surface area contributed by atoms with Crippen molar-refractivity contribution in [2.24, 2.45) is 5.92 Å². The van der Waals surface area contributed by atoms with Crippen molar-refractivity contribution in [3.63, 3.8) is 0 Å². The third-order valence-corrected chi connectivity index (χ3v) is 3.62. The van der Waals surface area contributed by atoms with Crippen LogP contribution in [-0.2, 0) is 16.1 Å². The number of amides is 1. The Labute approximate surface area is 120 Å². The molecular weight excluding hydrogens is 280 g/mol. The van der Waals surface area contributed by atoms with Crippen LogP contribution in [0.4, 0.5) is 5.82 Å². The summed E-state index contributed by atoms with van der Waals surface area (Å²) in [5.41, 5.74) is 0. The number of aliphatic carboxylic acids is 1. The van der Waals surface area contributed by atoms with Gasteiger partial charge in [0.05, 0.1) is 17.4 Å². The number of carboxylic acid groups (broad SMARTS) is 1. The number of carbonyl (C=O) groups excluding carboxylic acids is 1. The Kier molecular flexibility index (Phi) is 4.20. The summed E-state index contributed by atoms with van der Waals surface area (Å²) in [5, 5.41) is 23.5. The summed E-state index contributed by atoms with van der Waals surface area (Å²) in [6, 6.07) is 0.345. The summed E-state index contributed by atoms with van der Waals surface area (Å²) < 4.78 is 1.15. The average Bonchev–Trinajstić information content (AvgIpc) is 2.86. The van der Waals surface area contributed by atoms with E-state index in [9.17, 15) is 24.8 Å². The number of rotatable bonds is 4. The zero-order valence-corrected chi connectivity index (χ0v) is 11.5. The molecule has 0 aromatic carbocycles. The first kappa shape index (κ1) is 14.9. The van der Waals surface area contributed by atoms with Gasteiger partial charge in [0, 0.05) is 6.54 Å². The summed E-state index contributed by atoms with van der Waals surface area (Å²) >= 11 is 0. The highest BCUT2D eigenvalue weighted by atomic mass is 16.6. The molecule has 1 aliphatic heterocycles. The second-order valence-electron chi connectivity index (χ2n) is 5.12. The van der Waals surface area contributed by atoms with Crippen molar-refractivity contribution in [3.8, 4) is 0 Å². The minimum absolute atomic E-state index is 0.118. The average molecular weight is 296 g/mol. The fourth-order valence-electron chi connectivity index (χ4n) is 2.61. The third-order valence-electron chi connectivity index (χ3n) is 3.62. The van der Waals surface area contributed by atoms with Crippen molar-refractivity contribution < 1.29 is 19.6 Å². The van der Waals surface area contributed by atoms with Crippen LogP contribution >= 0.6 is 0 Å². The molecule has 1 fully saturated rings. The molecule has 21 heavy (non-hydrogen) atoms. The lowest BCUT2D eigenvalue weighted by atomic mass is 9.91. The van der Waals surface area contributed by atoms with E-state index in [1.807, 2.05) is 0 Å². The Hall–Kier alpha value is -2.45. The van der Waals surface area contributed by atoms with Gasteiger partial charge in [0.2, 0.25) is 5.91 Å². The minimum Gasteiger partial charge on any atom is -0.480 e. The molecule has 0 radical (unpaired) electrons. The van der Waals surface area contributed by atoms with Crippen LogP contribution in [0, 0.1) is 16.0 Å². The molecule has 2 rings (SSSR count). The number of likely N-dealkylation sites (tertiary alicyclic amines) is 1. The van der Waals surface area contributed by atoms with Crippen LogP contribution in [0.15, 0.2) is 12.3 Å². The van der Waals surface area contributed by atoms with E-state index in [-0.39, 0.29) is 18.3 Å². The van der Waals surface area contributed by atoms with Gasteiger partial charge in [0.1, 0.15) is 12.6 Å². The summed E-state index contributed by atoms with van der Waals surface area (Å²) in [7, 11) is 0. The van der Waals surface area contributed by atoms with Gasteiger partial charge < -0.3 is 20.1 Å². The van der Waals surface area contributed by atoms with Crippen LogP contribution in [0.3, 0.4) is 0 Å². The SMILES string of the molecule is CC1CCCN(C(=O)Cn2ccc([N+](=O)[O-])n2)C1C(=O)O. The van der Waals surface area contributed by atoms with E-state index in [1.54, 1.807) is 6.92 Å². The molecule has 1 aromatic heterocycles. The van der Waals surface area contributed by atoms with Gasteiger partial charge in [-0.25, -0.2) is 4.79 Å². The molecule has 1 amide bonds. The molecule has 0 spiro atoms. The van der Waals surface area contributed by atoms with Crippen LogP contribution < -0.4 is 0 Å². The van der Waals surface area contributed by atoms with Gasteiger partial charge in [0.15, 0.2) is 0 Å². The molecule has 1 saturated heterocycles. The van der Waals surface area contributed by atoms with Crippen molar-refractivity contribution in [3.05, 3.63) is 22.4 Å². The van der Waals surface area contributed by atoms with Crippen molar-refractivity contribution in [2.45, 2.75) is 32.4 Å². The van der Waals surface area contributed by atoms with Gasteiger partial charge in [-0.3, -0.25) is 4.79 Å². The minimum atomic E-state index is -1.03. The summed E-state index contributed by atoms with van der Waals surface area (Å²) in [6.07, 6.45) is 2.84. The number of carboxylic acids is 1. The standard InChI is InChI=1S/C12H16N4O5/c1-8-3-2-5-15(11(8)12(18)19)10(17)7-14-6-4-9(13-14)16(20)21/h4,6,8,11H,2-3,5,7H2,1H3,(H,18,19). The highest BCUT2D eigenvalue weighted by molar-refractivity contribution is 5.84. The molecule has 9 nitrogen and oxygen atoms in total. The van der Waals surface area contributed by atoms with Crippen molar-refractivity contribution in [1.82, 2.24) is 14.7 Å². The third kappa shape index (κ3) is 3.18. The van der Waals surface area contributed by atoms with Gasteiger partial charge in [-0.2, -0.15) is 4.68 Å². The quantitative estimate of drug-likeness (QED) is 0.638. The predicted molar refractivity (Wildman–Crippen MR) is 70.4 cm³/mol. The molecule has 114 valence electrons. The maximum Gasteiger partial charge on any atom is 0.389 e. The Balaban J connectivity index is 2.10. The summed E-state index contributed by atoms with van der Waals surface area (Å²) in [4.78, 5) is 34.8. The lowest BCUT2D eigenvalue weighted by molar-refractivity contribution is -0.389. The van der Waals surface area contributed by atoms with E-state index < -0.39 is 22.8 Å². The van der Waals surface area contributed by atoms with Crippen molar-refractivity contribution in [1.29, 1.82) is 0 Å². The number of hydrogen-bond acceptors (Lipinski definition) is 5. The number of aromatic nitrogens is 2. The van der Waals surface area contributed by atoms with Gasteiger partial charge >= 0.3 is 11.8 Å². The molecular formula is C12H16N4O5. The largest absolute Gasteiger partial charge is 0.480 e. The lowest BCUT2D eigenvalue weighted by Gasteiger charge is -2.37. The number of hydrogen-bond donors (Lipinski definition) is 1. The lowest BCUT2D eigenvalue weighted by Crippen LogP contribution is -2.52. The number of nitro groups is 1. The fraction of sp³-hybridized carbons (Fsp3) is 0.583. The second kappa shape index (κ2) is 5.90. The van der Waals surface area contributed by atoms with Crippen LogP contribution in [0.1, 0.15) is 19.8 Å². The van der Waals surface area contributed by atoms with Crippen LogP contribution in [-0.4, -0.2) is 49.2 Å². The van der Waals surface area contributed by atoms with E-state index in [0.29, 0.717) is 6.54 Å². The van der Waals surface area contributed by atoms with E-state index in [2.05, 4.69) is 5.10 Å². The van der Waals surface area contributed by atoms with Gasteiger partial charge in [-0.15, -0.1) is 0 Å². The second-order valence-corrected chi connectivity index (χ2v) is 5.12. The topological polar surface area (TPSA) is 119 Å². The molecule has 2 atom stereocenters. The molecule has 1 N–H and O–H groups in total. The fourth-order valence-corrected chi connectivity index (χ4v) is 2.61. The van der Waals surface area contributed by atoms with E-state index in [4.69, 9.17) is 0 Å². The summed E-state index contributed by atoms with van der Waals surface area (Å²) in [6.45, 7) is 1.98. The number of nitrogens with zero attached hydrogens (tertiary/aromatic N) is 4. The summed E-state index contributed by atoms with van der Waals surface area (Å²) in [5.74, 6) is -1.88. The van der Waals surface area contributed by atoms with Crippen LogP contribution in [0.2, 0.25) is 0 Å². The first-order chi connectivity index (χ1) is 9.90. The predicted octanol–water partition coefficient (Wildman–Crippen LogP) is 0.503. The molecule has 2 unspecified atom stereocenters. The molecule has 1 aromatic rings. The first-order valence-corrected chi connectivity index (χ1v) is 6.60. The highest BCUT2D eigenvalue weighted by Crippen LogP contribution is 2.24. The van der Waals surface area contributed by atoms with Crippen molar-refractivity contribution >= 4 is 17.7 Å². The Morgan fingerprint density at radius 3 is 2.86 bits per heavy atom. The molecule has 9 heteroatoms. The highest BCUT2D eigenvalue weighted by Gasteiger charge is 2.37. The van der Waals surface area contributed by atoms with E-state index in [1.165, 1.54) is 17.2 Å². The van der Waals surface area contributed by atoms with Gasteiger partial charge in [-0.05, 0) is 23.7 Å². The van der Waals surface area contributed by atoms with Gasteiger partial charge in [0.25, 0.3) is 0 Å².